The second kappa shape index (κ2) is 10.9. The molecule has 0 aliphatic rings. The van der Waals surface area contributed by atoms with Crippen LogP contribution in [0, 0.1) is 0 Å². The standard InChI is InChI=1S/C21H26N2O4/c1-3-26-18-12-7-5-10-16(18)20(24)22-14-9-15-23-21(25)17-11-6-8-13-19(17)27-4-2/h5-8,10-13H,3-4,9,14-15H2,1-2H3,(H,22,24)(H,23,25). The Morgan fingerprint density at radius 2 is 1.15 bits per heavy atom. The molecule has 2 N–H and O–H groups in total. The van der Waals surface area contributed by atoms with Gasteiger partial charge in [-0.15, -0.1) is 0 Å². The van der Waals surface area contributed by atoms with Crippen molar-refractivity contribution in [1.29, 1.82) is 0 Å². The number of hydrogen-bond acceptors (Lipinski definition) is 4. The van der Waals surface area contributed by atoms with Crippen LogP contribution in [0.1, 0.15) is 41.0 Å². The summed E-state index contributed by atoms with van der Waals surface area (Å²) >= 11 is 0. The first-order valence-electron chi connectivity index (χ1n) is 9.17. The van der Waals surface area contributed by atoms with E-state index in [1.807, 2.05) is 26.0 Å². The van der Waals surface area contributed by atoms with Crippen LogP contribution in [0.2, 0.25) is 0 Å². The molecule has 0 heterocycles. The molecule has 27 heavy (non-hydrogen) atoms. The maximum absolute atomic E-state index is 12.3. The van der Waals surface area contributed by atoms with Crippen LogP contribution in [-0.4, -0.2) is 38.1 Å². The third-order valence-corrected chi connectivity index (χ3v) is 3.79. The zero-order valence-electron chi connectivity index (χ0n) is 15.8. The van der Waals surface area contributed by atoms with Gasteiger partial charge in [0.25, 0.3) is 11.8 Å². The lowest BCUT2D eigenvalue weighted by Crippen LogP contribution is -2.30. The lowest BCUT2D eigenvalue weighted by Gasteiger charge is -2.11. The summed E-state index contributed by atoms with van der Waals surface area (Å²) in [5.41, 5.74) is 1.02. The average molecular weight is 370 g/mol. The molecule has 2 aromatic carbocycles. The quantitative estimate of drug-likeness (QED) is 0.630. The van der Waals surface area contributed by atoms with Crippen LogP contribution in [0.15, 0.2) is 48.5 Å². The van der Waals surface area contributed by atoms with Crippen LogP contribution in [0.5, 0.6) is 11.5 Å². The zero-order valence-corrected chi connectivity index (χ0v) is 15.8. The topological polar surface area (TPSA) is 76.7 Å². The number of ether oxygens (including phenoxy) is 2. The molecule has 0 saturated heterocycles. The van der Waals surface area contributed by atoms with Gasteiger partial charge in [0, 0.05) is 13.1 Å². The largest absolute Gasteiger partial charge is 0.493 e. The predicted molar refractivity (Wildman–Crippen MR) is 105 cm³/mol. The minimum Gasteiger partial charge on any atom is -0.493 e. The van der Waals surface area contributed by atoms with Crippen molar-refractivity contribution in [3.63, 3.8) is 0 Å². The van der Waals surface area contributed by atoms with Gasteiger partial charge in [-0.3, -0.25) is 9.59 Å². The molecular formula is C21H26N2O4. The first-order valence-corrected chi connectivity index (χ1v) is 9.17. The number of para-hydroxylation sites is 2. The van der Waals surface area contributed by atoms with E-state index in [0.717, 1.165) is 0 Å². The zero-order chi connectivity index (χ0) is 19.5. The summed E-state index contributed by atoms with van der Waals surface area (Å²) in [6, 6.07) is 14.3. The third-order valence-electron chi connectivity index (χ3n) is 3.79. The van der Waals surface area contributed by atoms with E-state index in [0.29, 0.717) is 55.4 Å². The van der Waals surface area contributed by atoms with E-state index in [-0.39, 0.29) is 11.8 Å². The van der Waals surface area contributed by atoms with Crippen molar-refractivity contribution >= 4 is 11.8 Å². The highest BCUT2D eigenvalue weighted by molar-refractivity contribution is 5.97. The number of carbonyl (C=O) groups excluding carboxylic acids is 2. The van der Waals surface area contributed by atoms with Crippen molar-refractivity contribution in [2.75, 3.05) is 26.3 Å². The van der Waals surface area contributed by atoms with E-state index in [1.165, 1.54) is 0 Å². The normalized spacial score (nSPS) is 10.1. The molecule has 0 aliphatic heterocycles. The van der Waals surface area contributed by atoms with Gasteiger partial charge >= 0.3 is 0 Å². The summed E-state index contributed by atoms with van der Waals surface area (Å²) in [5.74, 6) is 0.760. The predicted octanol–water partition coefficient (Wildman–Crippen LogP) is 3.03. The molecule has 0 bridgehead atoms. The van der Waals surface area contributed by atoms with E-state index in [4.69, 9.17) is 9.47 Å². The number of amides is 2. The van der Waals surface area contributed by atoms with E-state index < -0.39 is 0 Å². The van der Waals surface area contributed by atoms with Gasteiger partial charge in [-0.05, 0) is 44.5 Å². The molecule has 0 aliphatic carbocycles. The van der Waals surface area contributed by atoms with Gasteiger partial charge < -0.3 is 20.1 Å². The maximum atomic E-state index is 12.3. The Morgan fingerprint density at radius 1 is 0.741 bits per heavy atom. The van der Waals surface area contributed by atoms with Crippen molar-refractivity contribution in [3.8, 4) is 11.5 Å². The Hall–Kier alpha value is -3.02. The fourth-order valence-electron chi connectivity index (χ4n) is 2.55. The van der Waals surface area contributed by atoms with Gasteiger partial charge in [-0.25, -0.2) is 0 Å². The third kappa shape index (κ3) is 6.02. The Labute approximate surface area is 159 Å². The average Bonchev–Trinajstić information content (AvgIpc) is 2.69. The van der Waals surface area contributed by atoms with Gasteiger partial charge in [-0.2, -0.15) is 0 Å². The second-order valence-corrected chi connectivity index (χ2v) is 5.72. The molecule has 6 nitrogen and oxygen atoms in total. The summed E-state index contributed by atoms with van der Waals surface area (Å²) in [6.45, 7) is 5.65. The Morgan fingerprint density at radius 3 is 1.56 bits per heavy atom. The SMILES string of the molecule is CCOc1ccccc1C(=O)NCCCNC(=O)c1ccccc1OCC. The summed E-state index contributed by atoms with van der Waals surface area (Å²) in [6.07, 6.45) is 0.616. The van der Waals surface area contributed by atoms with Gasteiger partial charge in [0.15, 0.2) is 0 Å². The fraction of sp³-hybridized carbons (Fsp3) is 0.333. The molecule has 6 heteroatoms. The summed E-state index contributed by atoms with van der Waals surface area (Å²) in [4.78, 5) is 24.6. The number of benzene rings is 2. The smallest absolute Gasteiger partial charge is 0.255 e. The van der Waals surface area contributed by atoms with E-state index in [2.05, 4.69) is 10.6 Å². The van der Waals surface area contributed by atoms with Crippen LogP contribution >= 0.6 is 0 Å². The molecule has 0 aromatic heterocycles. The van der Waals surface area contributed by atoms with Crippen molar-refractivity contribution in [2.45, 2.75) is 20.3 Å². The van der Waals surface area contributed by atoms with E-state index in [9.17, 15) is 9.59 Å². The number of carbonyl (C=O) groups is 2. The molecule has 0 radical (unpaired) electrons. The first kappa shape index (κ1) is 20.3. The van der Waals surface area contributed by atoms with Gasteiger partial charge in [0.2, 0.25) is 0 Å². The lowest BCUT2D eigenvalue weighted by atomic mass is 10.2. The summed E-state index contributed by atoms with van der Waals surface area (Å²) in [5, 5.41) is 5.70. The highest BCUT2D eigenvalue weighted by Crippen LogP contribution is 2.18. The summed E-state index contributed by atoms with van der Waals surface area (Å²) in [7, 11) is 0. The van der Waals surface area contributed by atoms with Crippen molar-refractivity contribution < 1.29 is 19.1 Å². The Balaban J connectivity index is 1.78. The number of rotatable bonds is 10. The van der Waals surface area contributed by atoms with Crippen LogP contribution < -0.4 is 20.1 Å². The molecular weight excluding hydrogens is 344 g/mol. The van der Waals surface area contributed by atoms with E-state index in [1.54, 1.807) is 36.4 Å². The van der Waals surface area contributed by atoms with Crippen molar-refractivity contribution in [3.05, 3.63) is 59.7 Å². The molecule has 0 atom stereocenters. The van der Waals surface area contributed by atoms with Crippen LogP contribution in [0.4, 0.5) is 0 Å². The number of nitrogens with one attached hydrogen (secondary N) is 2. The minimum atomic E-state index is -0.188. The molecule has 144 valence electrons. The van der Waals surface area contributed by atoms with Crippen molar-refractivity contribution in [1.82, 2.24) is 10.6 Å². The minimum absolute atomic E-state index is 0.188. The molecule has 0 unspecified atom stereocenters. The molecule has 0 fully saturated rings. The Kier molecular flexibility index (Phi) is 8.16. The van der Waals surface area contributed by atoms with Crippen molar-refractivity contribution in [2.24, 2.45) is 0 Å². The molecule has 0 spiro atoms. The highest BCUT2D eigenvalue weighted by Gasteiger charge is 2.12. The molecule has 2 rings (SSSR count). The molecule has 0 saturated carbocycles. The number of hydrogen-bond donors (Lipinski definition) is 2. The van der Waals surface area contributed by atoms with Gasteiger partial charge in [-0.1, -0.05) is 24.3 Å². The Bertz CT molecular complexity index is 698. The van der Waals surface area contributed by atoms with Gasteiger partial charge in [0.1, 0.15) is 11.5 Å². The van der Waals surface area contributed by atoms with Crippen LogP contribution in [-0.2, 0) is 0 Å². The van der Waals surface area contributed by atoms with E-state index >= 15 is 0 Å². The maximum Gasteiger partial charge on any atom is 0.255 e. The monoisotopic (exact) mass is 370 g/mol. The highest BCUT2D eigenvalue weighted by atomic mass is 16.5. The van der Waals surface area contributed by atoms with Gasteiger partial charge in [0.05, 0.1) is 24.3 Å². The van der Waals surface area contributed by atoms with Crippen LogP contribution in [0.3, 0.4) is 0 Å². The summed E-state index contributed by atoms with van der Waals surface area (Å²) < 4.78 is 10.9. The molecule has 2 amide bonds. The second-order valence-electron chi connectivity index (χ2n) is 5.72. The lowest BCUT2D eigenvalue weighted by molar-refractivity contribution is 0.0948. The molecule has 2 aromatic rings. The fourth-order valence-corrected chi connectivity index (χ4v) is 2.55. The van der Waals surface area contributed by atoms with Crippen LogP contribution in [0.25, 0.3) is 0 Å². The first-order chi connectivity index (χ1) is 13.2.